The van der Waals surface area contributed by atoms with E-state index in [4.69, 9.17) is 16.0 Å². The van der Waals surface area contributed by atoms with Crippen LogP contribution in [0.15, 0.2) is 45.3 Å². The first kappa shape index (κ1) is 14.1. The Morgan fingerprint density at radius 1 is 1.29 bits per heavy atom. The Morgan fingerprint density at radius 2 is 2.10 bits per heavy atom. The third-order valence-electron chi connectivity index (χ3n) is 2.87. The number of nitrogens with zero attached hydrogens (tertiary/aromatic N) is 1. The molecule has 0 spiro atoms. The van der Waals surface area contributed by atoms with E-state index in [2.05, 4.69) is 26.2 Å². The highest BCUT2D eigenvalue weighted by molar-refractivity contribution is 9.10. The Balaban J connectivity index is 2.08. The molecule has 0 saturated heterocycles. The second kappa shape index (κ2) is 5.50. The first-order valence-corrected chi connectivity index (χ1v) is 7.33. The van der Waals surface area contributed by atoms with Crippen LogP contribution in [0, 0.1) is 0 Å². The Bertz CT molecular complexity index is 845. The van der Waals surface area contributed by atoms with Crippen LogP contribution in [-0.2, 0) is 4.79 Å². The summed E-state index contributed by atoms with van der Waals surface area (Å²) in [6.45, 7) is 1.46. The molecule has 1 amide bonds. The number of hydrogen-bond donors (Lipinski definition) is 1. The van der Waals surface area contributed by atoms with Crippen LogP contribution >= 0.6 is 27.5 Å². The maximum atomic E-state index is 11.1. The molecule has 1 N–H and O–H groups in total. The van der Waals surface area contributed by atoms with Gasteiger partial charge in [-0.15, -0.1) is 0 Å². The molecule has 1 aromatic heterocycles. The summed E-state index contributed by atoms with van der Waals surface area (Å²) >= 11 is 9.58. The fraction of sp³-hybridized carbons (Fsp3) is 0.0667. The van der Waals surface area contributed by atoms with Crippen molar-refractivity contribution in [1.29, 1.82) is 0 Å². The monoisotopic (exact) mass is 364 g/mol. The number of rotatable bonds is 2. The van der Waals surface area contributed by atoms with E-state index in [1.165, 1.54) is 6.92 Å². The molecule has 0 aliphatic rings. The van der Waals surface area contributed by atoms with Crippen molar-refractivity contribution in [2.45, 2.75) is 6.92 Å². The van der Waals surface area contributed by atoms with Crippen molar-refractivity contribution in [3.8, 4) is 11.5 Å². The van der Waals surface area contributed by atoms with E-state index in [0.717, 1.165) is 4.47 Å². The number of carbonyl (C=O) groups is 1. The van der Waals surface area contributed by atoms with Gasteiger partial charge in [-0.1, -0.05) is 27.5 Å². The highest BCUT2D eigenvalue weighted by Gasteiger charge is 2.12. The molecule has 0 atom stereocenters. The summed E-state index contributed by atoms with van der Waals surface area (Å²) in [5.41, 5.74) is 2.68. The molecule has 106 valence electrons. The molecule has 3 rings (SSSR count). The summed E-state index contributed by atoms with van der Waals surface area (Å²) in [5, 5.41) is 3.27. The largest absolute Gasteiger partial charge is 0.436 e. The van der Waals surface area contributed by atoms with E-state index < -0.39 is 0 Å². The van der Waals surface area contributed by atoms with Gasteiger partial charge in [-0.25, -0.2) is 4.98 Å². The maximum Gasteiger partial charge on any atom is 0.228 e. The van der Waals surface area contributed by atoms with Crippen molar-refractivity contribution in [3.05, 3.63) is 45.9 Å². The Morgan fingerprint density at radius 3 is 2.86 bits per heavy atom. The van der Waals surface area contributed by atoms with Gasteiger partial charge in [0.15, 0.2) is 5.58 Å². The lowest BCUT2D eigenvalue weighted by atomic mass is 10.2. The first-order valence-electron chi connectivity index (χ1n) is 6.16. The minimum Gasteiger partial charge on any atom is -0.436 e. The molecule has 0 bridgehead atoms. The van der Waals surface area contributed by atoms with E-state index >= 15 is 0 Å². The highest BCUT2D eigenvalue weighted by atomic mass is 79.9. The molecule has 0 aliphatic heterocycles. The number of nitrogens with one attached hydrogen (secondary N) is 1. The zero-order chi connectivity index (χ0) is 15.0. The first-order chi connectivity index (χ1) is 10.0. The molecular formula is C15H10BrClN2O2. The van der Waals surface area contributed by atoms with Crippen LogP contribution in [0.1, 0.15) is 6.92 Å². The minimum absolute atomic E-state index is 0.131. The van der Waals surface area contributed by atoms with E-state index in [9.17, 15) is 4.79 Å². The number of hydrogen-bond acceptors (Lipinski definition) is 3. The number of carbonyl (C=O) groups excluding carboxylic acids is 1. The summed E-state index contributed by atoms with van der Waals surface area (Å²) in [5.74, 6) is 0.310. The van der Waals surface area contributed by atoms with E-state index in [1.807, 2.05) is 12.1 Å². The molecule has 0 radical (unpaired) electrons. The smallest absolute Gasteiger partial charge is 0.228 e. The minimum atomic E-state index is -0.131. The zero-order valence-electron chi connectivity index (χ0n) is 11.0. The lowest BCUT2D eigenvalue weighted by molar-refractivity contribution is -0.114. The molecule has 6 heteroatoms. The number of benzene rings is 2. The SMILES string of the molecule is CC(=O)Nc1ccc2oc(-c3cc(Br)ccc3Cl)nc2c1. The summed E-state index contributed by atoms with van der Waals surface area (Å²) in [6.07, 6.45) is 0. The lowest BCUT2D eigenvalue weighted by Gasteiger charge is -1.99. The van der Waals surface area contributed by atoms with Gasteiger partial charge < -0.3 is 9.73 Å². The van der Waals surface area contributed by atoms with Crippen molar-refractivity contribution >= 4 is 50.2 Å². The predicted molar refractivity (Wildman–Crippen MR) is 86.5 cm³/mol. The van der Waals surface area contributed by atoms with Gasteiger partial charge in [0.1, 0.15) is 5.52 Å². The van der Waals surface area contributed by atoms with Crippen LogP contribution in [0.3, 0.4) is 0 Å². The summed E-state index contributed by atoms with van der Waals surface area (Å²) in [4.78, 5) is 15.5. The Hall–Kier alpha value is -1.85. The van der Waals surface area contributed by atoms with Crippen molar-refractivity contribution in [2.24, 2.45) is 0 Å². The van der Waals surface area contributed by atoms with Gasteiger partial charge in [0.2, 0.25) is 11.8 Å². The Kier molecular flexibility index (Phi) is 3.69. The van der Waals surface area contributed by atoms with Crippen LogP contribution in [0.5, 0.6) is 0 Å². The number of halogens is 2. The lowest BCUT2D eigenvalue weighted by Crippen LogP contribution is -2.05. The molecule has 0 aliphatic carbocycles. The third kappa shape index (κ3) is 2.94. The molecule has 0 unspecified atom stereocenters. The second-order valence-corrected chi connectivity index (χ2v) is 5.83. The van der Waals surface area contributed by atoms with Gasteiger partial charge in [0.25, 0.3) is 0 Å². The van der Waals surface area contributed by atoms with Gasteiger partial charge in [-0.2, -0.15) is 0 Å². The normalized spacial score (nSPS) is 10.8. The molecule has 3 aromatic rings. The van der Waals surface area contributed by atoms with E-state index in [0.29, 0.717) is 33.3 Å². The molecule has 1 heterocycles. The molecule has 21 heavy (non-hydrogen) atoms. The second-order valence-electron chi connectivity index (χ2n) is 4.51. The van der Waals surface area contributed by atoms with Gasteiger partial charge in [0.05, 0.1) is 10.6 Å². The Labute approximate surface area is 134 Å². The number of amides is 1. The zero-order valence-corrected chi connectivity index (χ0v) is 13.3. The summed E-state index contributed by atoms with van der Waals surface area (Å²) < 4.78 is 6.61. The van der Waals surface area contributed by atoms with Crippen LogP contribution in [0.4, 0.5) is 5.69 Å². The van der Waals surface area contributed by atoms with E-state index in [-0.39, 0.29) is 5.91 Å². The van der Waals surface area contributed by atoms with Crippen molar-refractivity contribution in [3.63, 3.8) is 0 Å². The average Bonchev–Trinajstić information content (AvgIpc) is 2.83. The summed E-state index contributed by atoms with van der Waals surface area (Å²) in [6, 6.07) is 10.8. The van der Waals surface area contributed by atoms with Crippen LogP contribution in [-0.4, -0.2) is 10.9 Å². The van der Waals surface area contributed by atoms with Gasteiger partial charge in [0, 0.05) is 17.1 Å². The fourth-order valence-corrected chi connectivity index (χ4v) is 2.54. The maximum absolute atomic E-state index is 11.1. The van der Waals surface area contributed by atoms with Crippen LogP contribution in [0.25, 0.3) is 22.6 Å². The van der Waals surface area contributed by atoms with Crippen molar-refractivity contribution < 1.29 is 9.21 Å². The van der Waals surface area contributed by atoms with Crippen LogP contribution in [0.2, 0.25) is 5.02 Å². The van der Waals surface area contributed by atoms with Gasteiger partial charge >= 0.3 is 0 Å². The number of aromatic nitrogens is 1. The fourth-order valence-electron chi connectivity index (χ4n) is 1.99. The molecule has 0 fully saturated rings. The predicted octanol–water partition coefficient (Wildman–Crippen LogP) is 4.87. The molecular weight excluding hydrogens is 356 g/mol. The standard InChI is InChI=1S/C15H10BrClN2O2/c1-8(20)18-10-3-5-14-13(7-10)19-15(21-14)11-6-9(16)2-4-12(11)17/h2-7H,1H3,(H,18,20). The van der Waals surface area contributed by atoms with E-state index in [1.54, 1.807) is 24.3 Å². The van der Waals surface area contributed by atoms with Crippen LogP contribution < -0.4 is 5.32 Å². The average molecular weight is 366 g/mol. The van der Waals surface area contributed by atoms with Crippen molar-refractivity contribution in [2.75, 3.05) is 5.32 Å². The third-order valence-corrected chi connectivity index (χ3v) is 3.69. The molecule has 4 nitrogen and oxygen atoms in total. The quantitative estimate of drug-likeness (QED) is 0.705. The molecule has 2 aromatic carbocycles. The number of oxazole rings is 1. The van der Waals surface area contributed by atoms with Gasteiger partial charge in [-0.05, 0) is 36.4 Å². The topological polar surface area (TPSA) is 55.1 Å². The highest BCUT2D eigenvalue weighted by Crippen LogP contribution is 2.32. The number of fused-ring (bicyclic) bond motifs is 1. The van der Waals surface area contributed by atoms with Gasteiger partial charge in [-0.3, -0.25) is 4.79 Å². The molecule has 0 saturated carbocycles. The number of anilines is 1. The summed E-state index contributed by atoms with van der Waals surface area (Å²) in [7, 11) is 0. The van der Waals surface area contributed by atoms with Crippen molar-refractivity contribution in [1.82, 2.24) is 4.98 Å².